The van der Waals surface area contributed by atoms with Gasteiger partial charge in [-0.1, -0.05) is 12.1 Å². The first-order chi connectivity index (χ1) is 13.0. The molecule has 1 aromatic heterocycles. The van der Waals surface area contributed by atoms with E-state index in [4.69, 9.17) is 4.74 Å². The van der Waals surface area contributed by atoms with Crippen LogP contribution in [0, 0.1) is 6.92 Å². The minimum atomic E-state index is -0.449. The number of nitrogens with one attached hydrogen (secondary N) is 1. The zero-order chi connectivity index (χ0) is 19.4. The van der Waals surface area contributed by atoms with E-state index in [9.17, 15) is 4.79 Å². The molecule has 3 aromatic rings. The Morgan fingerprint density at radius 3 is 2.70 bits per heavy atom. The lowest BCUT2D eigenvalue weighted by atomic mass is 10.1. The third kappa shape index (κ3) is 4.22. The summed E-state index contributed by atoms with van der Waals surface area (Å²) in [5.41, 5.74) is 4.91. The van der Waals surface area contributed by atoms with E-state index in [0.29, 0.717) is 6.42 Å². The van der Waals surface area contributed by atoms with Gasteiger partial charge in [-0.15, -0.1) is 0 Å². The first-order valence-electron chi connectivity index (χ1n) is 9.15. The van der Waals surface area contributed by atoms with Gasteiger partial charge in [0.15, 0.2) is 0 Å². The largest absolute Gasteiger partial charge is 0.449 e. The molecule has 0 saturated carbocycles. The smallest absolute Gasteiger partial charge is 0.411 e. The van der Waals surface area contributed by atoms with E-state index in [1.54, 1.807) is 0 Å². The van der Waals surface area contributed by atoms with Crippen LogP contribution in [-0.4, -0.2) is 36.3 Å². The molecule has 2 aromatic carbocycles. The molecule has 0 bridgehead atoms. The summed E-state index contributed by atoms with van der Waals surface area (Å²) in [7, 11) is 3.97. The summed E-state index contributed by atoms with van der Waals surface area (Å²) in [6, 6.07) is 13.9. The van der Waals surface area contributed by atoms with Crippen molar-refractivity contribution in [3.8, 4) is 0 Å². The number of amides is 1. The van der Waals surface area contributed by atoms with E-state index < -0.39 is 6.09 Å². The molecule has 1 amide bonds. The molecule has 0 aliphatic heterocycles. The summed E-state index contributed by atoms with van der Waals surface area (Å²) in [5.74, 6) is 0.929. The molecule has 0 radical (unpaired) electrons. The number of para-hydroxylation sites is 2. The van der Waals surface area contributed by atoms with E-state index in [1.807, 2.05) is 62.3 Å². The predicted molar refractivity (Wildman–Crippen MR) is 110 cm³/mol. The molecule has 0 aliphatic carbocycles. The highest BCUT2D eigenvalue weighted by atomic mass is 16.5. The fraction of sp³-hybridized carbons (Fsp3) is 0.333. The average Bonchev–Trinajstić information content (AvgIpc) is 3.00. The van der Waals surface area contributed by atoms with Crippen LogP contribution in [0.3, 0.4) is 0 Å². The number of anilines is 2. The van der Waals surface area contributed by atoms with E-state index >= 15 is 0 Å². The van der Waals surface area contributed by atoms with E-state index in [0.717, 1.165) is 40.3 Å². The van der Waals surface area contributed by atoms with Crippen molar-refractivity contribution in [1.82, 2.24) is 9.55 Å². The average molecular weight is 366 g/mol. The zero-order valence-electron chi connectivity index (χ0n) is 16.3. The van der Waals surface area contributed by atoms with Crippen LogP contribution < -0.4 is 10.2 Å². The molecule has 0 unspecified atom stereocenters. The molecule has 6 heteroatoms. The van der Waals surface area contributed by atoms with Gasteiger partial charge in [-0.05, 0) is 49.7 Å². The summed E-state index contributed by atoms with van der Waals surface area (Å²) >= 11 is 0. The van der Waals surface area contributed by atoms with Crippen molar-refractivity contribution in [1.29, 1.82) is 0 Å². The van der Waals surface area contributed by atoms with Gasteiger partial charge in [-0.2, -0.15) is 0 Å². The third-order valence-electron chi connectivity index (χ3n) is 4.57. The summed E-state index contributed by atoms with van der Waals surface area (Å²) in [6.45, 7) is 5.17. The highest BCUT2D eigenvalue weighted by Crippen LogP contribution is 2.21. The van der Waals surface area contributed by atoms with Crippen LogP contribution in [0.15, 0.2) is 42.5 Å². The van der Waals surface area contributed by atoms with Crippen molar-refractivity contribution in [2.45, 2.75) is 26.8 Å². The second kappa shape index (κ2) is 8.12. The molecule has 1 N–H and O–H groups in total. The predicted octanol–water partition coefficient (Wildman–Crippen LogP) is 4.22. The summed E-state index contributed by atoms with van der Waals surface area (Å²) < 4.78 is 7.52. The lowest BCUT2D eigenvalue weighted by Crippen LogP contribution is -2.17. The number of hydrogen-bond acceptors (Lipinski definition) is 4. The van der Waals surface area contributed by atoms with Crippen LogP contribution in [0.5, 0.6) is 0 Å². The molecule has 0 aliphatic rings. The van der Waals surface area contributed by atoms with Crippen LogP contribution in [0.2, 0.25) is 0 Å². The number of aryl methyl sites for hydroxylation is 2. The quantitative estimate of drug-likeness (QED) is 0.709. The standard InChI is InChI=1S/C21H26N4O2/c1-5-25-19-9-7-6-8-18(19)22-20(25)12-13-27-21(26)23-17-11-10-16(24(3)4)14-15(17)2/h6-11,14H,5,12-13H2,1-4H3,(H,23,26). The molecule has 6 nitrogen and oxygen atoms in total. The summed E-state index contributed by atoms with van der Waals surface area (Å²) in [5, 5.41) is 2.81. The van der Waals surface area contributed by atoms with Gasteiger partial charge in [-0.25, -0.2) is 9.78 Å². The maximum Gasteiger partial charge on any atom is 0.411 e. The van der Waals surface area contributed by atoms with Gasteiger partial charge >= 0.3 is 6.09 Å². The Bertz CT molecular complexity index is 947. The number of ether oxygens (including phenoxy) is 1. The monoisotopic (exact) mass is 366 g/mol. The molecule has 0 atom stereocenters. The normalized spacial score (nSPS) is 10.8. The molecule has 0 spiro atoms. The van der Waals surface area contributed by atoms with Crippen LogP contribution in [0.1, 0.15) is 18.3 Å². The van der Waals surface area contributed by atoms with Gasteiger partial charge in [0.1, 0.15) is 12.4 Å². The fourth-order valence-electron chi connectivity index (χ4n) is 3.12. The Morgan fingerprint density at radius 1 is 1.22 bits per heavy atom. The second-order valence-corrected chi connectivity index (χ2v) is 6.67. The number of nitrogens with zero attached hydrogens (tertiary/aromatic N) is 3. The van der Waals surface area contributed by atoms with Crippen molar-refractivity contribution >= 4 is 28.5 Å². The lowest BCUT2D eigenvalue weighted by Gasteiger charge is -2.15. The molecule has 142 valence electrons. The number of carbonyl (C=O) groups is 1. The first kappa shape index (κ1) is 18.8. The molecule has 27 heavy (non-hydrogen) atoms. The Hall–Kier alpha value is -3.02. The molecular formula is C21H26N4O2. The van der Waals surface area contributed by atoms with E-state index in [1.165, 1.54) is 0 Å². The molecule has 0 fully saturated rings. The zero-order valence-corrected chi connectivity index (χ0v) is 16.3. The van der Waals surface area contributed by atoms with Gasteiger partial charge in [0.2, 0.25) is 0 Å². The fourth-order valence-corrected chi connectivity index (χ4v) is 3.12. The third-order valence-corrected chi connectivity index (χ3v) is 4.57. The van der Waals surface area contributed by atoms with Crippen molar-refractivity contribution in [3.63, 3.8) is 0 Å². The summed E-state index contributed by atoms with van der Waals surface area (Å²) in [4.78, 5) is 18.8. The number of rotatable bonds is 6. The molecular weight excluding hydrogens is 340 g/mol. The minimum absolute atomic E-state index is 0.282. The van der Waals surface area contributed by atoms with Gasteiger partial charge in [0.25, 0.3) is 0 Å². The van der Waals surface area contributed by atoms with Crippen LogP contribution in [0.4, 0.5) is 16.2 Å². The van der Waals surface area contributed by atoms with Gasteiger partial charge in [0, 0.05) is 38.4 Å². The maximum atomic E-state index is 12.1. The Morgan fingerprint density at radius 2 is 2.00 bits per heavy atom. The topological polar surface area (TPSA) is 59.4 Å². The van der Waals surface area contributed by atoms with Crippen LogP contribution in [-0.2, 0) is 17.7 Å². The van der Waals surface area contributed by atoms with Crippen molar-refractivity contribution in [3.05, 3.63) is 53.9 Å². The number of imidazole rings is 1. The van der Waals surface area contributed by atoms with Gasteiger partial charge in [-0.3, -0.25) is 5.32 Å². The Labute approximate surface area is 159 Å². The van der Waals surface area contributed by atoms with Crippen molar-refractivity contribution < 1.29 is 9.53 Å². The lowest BCUT2D eigenvalue weighted by molar-refractivity contribution is 0.162. The SMILES string of the molecule is CCn1c(CCOC(=O)Nc2ccc(N(C)C)cc2C)nc2ccccc21. The number of fused-ring (bicyclic) bond motifs is 1. The maximum absolute atomic E-state index is 12.1. The molecule has 1 heterocycles. The summed E-state index contributed by atoms with van der Waals surface area (Å²) in [6.07, 6.45) is 0.129. The molecule has 3 rings (SSSR count). The minimum Gasteiger partial charge on any atom is -0.449 e. The van der Waals surface area contributed by atoms with Gasteiger partial charge in [0.05, 0.1) is 11.0 Å². The first-order valence-corrected chi connectivity index (χ1v) is 9.15. The highest BCUT2D eigenvalue weighted by molar-refractivity contribution is 5.86. The number of carbonyl (C=O) groups excluding carboxylic acids is 1. The van der Waals surface area contributed by atoms with Crippen LogP contribution in [0.25, 0.3) is 11.0 Å². The van der Waals surface area contributed by atoms with Crippen molar-refractivity contribution in [2.75, 3.05) is 30.9 Å². The number of aromatic nitrogens is 2. The molecule has 0 saturated heterocycles. The Balaban J connectivity index is 1.59. The second-order valence-electron chi connectivity index (χ2n) is 6.67. The van der Waals surface area contributed by atoms with Gasteiger partial charge < -0.3 is 14.2 Å². The van der Waals surface area contributed by atoms with E-state index in [2.05, 4.69) is 27.9 Å². The van der Waals surface area contributed by atoms with Crippen LogP contribution >= 0.6 is 0 Å². The number of benzene rings is 2. The van der Waals surface area contributed by atoms with E-state index in [-0.39, 0.29) is 6.61 Å². The number of hydrogen-bond donors (Lipinski definition) is 1. The van der Waals surface area contributed by atoms with Crippen molar-refractivity contribution in [2.24, 2.45) is 0 Å². The highest BCUT2D eigenvalue weighted by Gasteiger charge is 2.11. The Kier molecular flexibility index (Phi) is 5.64.